The van der Waals surface area contributed by atoms with Gasteiger partial charge in [0.2, 0.25) is 5.91 Å². The predicted molar refractivity (Wildman–Crippen MR) is 163 cm³/mol. The van der Waals surface area contributed by atoms with Gasteiger partial charge in [-0.3, -0.25) is 9.59 Å². The van der Waals surface area contributed by atoms with Gasteiger partial charge in [0, 0.05) is 23.5 Å². The molecule has 1 heterocycles. The number of nitrogens with zero attached hydrogens (tertiary/aromatic N) is 2. The van der Waals surface area contributed by atoms with Gasteiger partial charge in [-0.15, -0.1) is 11.3 Å². The van der Waals surface area contributed by atoms with E-state index in [1.165, 1.54) is 31.2 Å². The van der Waals surface area contributed by atoms with Crippen molar-refractivity contribution in [3.63, 3.8) is 0 Å². The summed E-state index contributed by atoms with van der Waals surface area (Å²) in [5.41, 5.74) is 2.94. The number of aryl methyl sites for hydroxylation is 1. The third-order valence-corrected chi connectivity index (χ3v) is 7.89. The largest absolute Gasteiger partial charge is 0.493 e. The van der Waals surface area contributed by atoms with Gasteiger partial charge in [0.05, 0.1) is 20.8 Å². The molecule has 7 heteroatoms. The maximum absolute atomic E-state index is 13.7. The Morgan fingerprint density at radius 1 is 0.775 bits per heavy atom. The first-order valence-electron chi connectivity index (χ1n) is 14.4. The van der Waals surface area contributed by atoms with Gasteiger partial charge in [0.15, 0.2) is 11.5 Å². The highest BCUT2D eigenvalue weighted by molar-refractivity contribution is 7.09. The van der Waals surface area contributed by atoms with E-state index < -0.39 is 0 Å². The van der Waals surface area contributed by atoms with E-state index in [9.17, 15) is 9.59 Å². The molecule has 0 saturated heterocycles. The first-order valence-corrected chi connectivity index (χ1v) is 15.3. The first kappa shape index (κ1) is 31.2. The third-order valence-electron chi connectivity index (χ3n) is 7.02. The van der Waals surface area contributed by atoms with E-state index in [2.05, 4.69) is 19.1 Å². The van der Waals surface area contributed by atoms with Crippen molar-refractivity contribution < 1.29 is 19.1 Å². The van der Waals surface area contributed by atoms with Crippen LogP contribution in [-0.2, 0) is 24.2 Å². The number of rotatable bonds is 17. The Kier molecular flexibility index (Phi) is 13.0. The molecule has 2 aromatic carbocycles. The number of hydrogen-bond acceptors (Lipinski definition) is 5. The molecule has 0 unspecified atom stereocenters. The number of carbonyl (C=O) groups is 2. The molecule has 0 radical (unpaired) electrons. The molecule has 0 bridgehead atoms. The number of methoxy groups -OCH3 is 2. The predicted octanol–water partition coefficient (Wildman–Crippen LogP) is 7.01. The Labute approximate surface area is 243 Å². The molecule has 0 saturated carbocycles. The van der Waals surface area contributed by atoms with Crippen molar-refractivity contribution in [1.29, 1.82) is 0 Å². The van der Waals surface area contributed by atoms with Crippen molar-refractivity contribution in [3.05, 3.63) is 81.5 Å². The molecular formula is C33H44N2O4S. The molecule has 6 nitrogen and oxygen atoms in total. The molecule has 0 atom stereocenters. The van der Waals surface area contributed by atoms with Crippen LogP contribution in [-0.4, -0.2) is 55.5 Å². The van der Waals surface area contributed by atoms with Crippen LogP contribution in [0.4, 0.5) is 0 Å². The minimum Gasteiger partial charge on any atom is -0.493 e. The van der Waals surface area contributed by atoms with Crippen LogP contribution in [0, 0.1) is 0 Å². The van der Waals surface area contributed by atoms with Crippen LogP contribution >= 0.6 is 11.3 Å². The van der Waals surface area contributed by atoms with Crippen LogP contribution in [0.2, 0.25) is 0 Å². The Balaban J connectivity index is 1.69. The van der Waals surface area contributed by atoms with Gasteiger partial charge in [0.1, 0.15) is 6.54 Å². The monoisotopic (exact) mass is 564 g/mol. The van der Waals surface area contributed by atoms with Crippen LogP contribution in [0.1, 0.15) is 72.3 Å². The Hall–Kier alpha value is -3.32. The Bertz CT molecular complexity index is 1180. The topological polar surface area (TPSA) is 59.1 Å². The molecule has 2 amide bonds. The SMILES string of the molecule is CCCCCCc1ccc(C(=O)N(CCC)CC(=O)N(CCc2ccc(OC)c(OC)c2)Cc2cccs2)cc1. The molecule has 1 aromatic heterocycles. The lowest BCUT2D eigenvalue weighted by molar-refractivity contribution is -0.132. The molecule has 0 spiro atoms. The summed E-state index contributed by atoms with van der Waals surface area (Å²) in [4.78, 5) is 31.8. The summed E-state index contributed by atoms with van der Waals surface area (Å²) in [7, 11) is 3.24. The number of hydrogen-bond donors (Lipinski definition) is 0. The fraction of sp³-hybridized carbons (Fsp3) is 0.455. The second-order valence-corrected chi connectivity index (χ2v) is 11.1. The van der Waals surface area contributed by atoms with Gasteiger partial charge in [-0.2, -0.15) is 0 Å². The smallest absolute Gasteiger partial charge is 0.254 e. The second-order valence-electron chi connectivity index (χ2n) is 10.1. The van der Waals surface area contributed by atoms with Crippen LogP contribution in [0.25, 0.3) is 0 Å². The zero-order chi connectivity index (χ0) is 28.7. The maximum atomic E-state index is 13.7. The fourth-order valence-electron chi connectivity index (χ4n) is 4.72. The maximum Gasteiger partial charge on any atom is 0.254 e. The normalized spacial score (nSPS) is 10.8. The van der Waals surface area contributed by atoms with E-state index in [-0.39, 0.29) is 18.4 Å². The van der Waals surface area contributed by atoms with Gasteiger partial charge >= 0.3 is 0 Å². The minimum absolute atomic E-state index is 0.0526. The van der Waals surface area contributed by atoms with Gasteiger partial charge in [0.25, 0.3) is 5.91 Å². The van der Waals surface area contributed by atoms with Crippen LogP contribution in [0.15, 0.2) is 60.0 Å². The highest BCUT2D eigenvalue weighted by atomic mass is 32.1. The molecule has 3 aromatic rings. The fourth-order valence-corrected chi connectivity index (χ4v) is 5.44. The van der Waals surface area contributed by atoms with Crippen molar-refractivity contribution in [3.8, 4) is 11.5 Å². The van der Waals surface area contributed by atoms with Gasteiger partial charge in [-0.25, -0.2) is 0 Å². The molecule has 40 heavy (non-hydrogen) atoms. The van der Waals surface area contributed by atoms with E-state index in [1.54, 1.807) is 30.5 Å². The van der Waals surface area contributed by atoms with Crippen molar-refractivity contribution in [1.82, 2.24) is 9.80 Å². The highest BCUT2D eigenvalue weighted by Crippen LogP contribution is 2.28. The summed E-state index contributed by atoms with van der Waals surface area (Å²) >= 11 is 1.63. The number of carbonyl (C=O) groups excluding carboxylic acids is 2. The van der Waals surface area contributed by atoms with Crippen molar-refractivity contribution >= 4 is 23.2 Å². The van der Waals surface area contributed by atoms with Crippen LogP contribution < -0.4 is 9.47 Å². The van der Waals surface area contributed by atoms with Gasteiger partial charge in [-0.05, 0) is 72.5 Å². The minimum atomic E-state index is -0.0938. The van der Waals surface area contributed by atoms with Crippen molar-refractivity contribution in [2.75, 3.05) is 33.9 Å². The van der Waals surface area contributed by atoms with E-state index in [1.807, 2.05) is 59.7 Å². The lowest BCUT2D eigenvalue weighted by Gasteiger charge is -2.27. The lowest BCUT2D eigenvalue weighted by Crippen LogP contribution is -2.43. The van der Waals surface area contributed by atoms with Crippen LogP contribution in [0.3, 0.4) is 0 Å². The number of benzene rings is 2. The van der Waals surface area contributed by atoms with Gasteiger partial charge < -0.3 is 19.3 Å². The molecule has 0 fully saturated rings. The van der Waals surface area contributed by atoms with Crippen LogP contribution in [0.5, 0.6) is 11.5 Å². The van der Waals surface area contributed by atoms with Crippen molar-refractivity contribution in [2.24, 2.45) is 0 Å². The average molecular weight is 565 g/mol. The molecule has 0 aliphatic rings. The van der Waals surface area contributed by atoms with E-state index in [4.69, 9.17) is 9.47 Å². The zero-order valence-electron chi connectivity index (χ0n) is 24.5. The average Bonchev–Trinajstić information content (AvgIpc) is 3.50. The summed E-state index contributed by atoms with van der Waals surface area (Å²) in [6.07, 6.45) is 7.36. The summed E-state index contributed by atoms with van der Waals surface area (Å²) < 4.78 is 10.8. The quantitative estimate of drug-likeness (QED) is 0.166. The lowest BCUT2D eigenvalue weighted by atomic mass is 10.0. The summed E-state index contributed by atoms with van der Waals surface area (Å²) in [5, 5.41) is 2.02. The number of thiophene rings is 1. The van der Waals surface area contributed by atoms with Gasteiger partial charge in [-0.1, -0.05) is 57.4 Å². The zero-order valence-corrected chi connectivity index (χ0v) is 25.3. The Morgan fingerprint density at radius 2 is 1.52 bits per heavy atom. The number of amides is 2. The third kappa shape index (κ3) is 9.40. The molecule has 3 rings (SSSR count). The molecule has 216 valence electrons. The molecule has 0 N–H and O–H groups in total. The van der Waals surface area contributed by atoms with Crippen molar-refractivity contribution in [2.45, 2.75) is 65.3 Å². The van der Waals surface area contributed by atoms with E-state index >= 15 is 0 Å². The summed E-state index contributed by atoms with van der Waals surface area (Å²) in [6, 6.07) is 17.8. The standard InChI is InChI=1S/C33H44N2O4S/c1-5-7-8-9-11-26-13-16-28(17-14-26)33(37)35(20-6-2)25-32(36)34(24-29-12-10-22-40-29)21-19-27-15-18-30(38-3)31(23-27)39-4/h10,12-18,22-23H,5-9,11,19-21,24-25H2,1-4H3. The first-order chi connectivity index (χ1) is 19.5. The number of ether oxygens (including phenoxy) is 2. The molecular weight excluding hydrogens is 520 g/mol. The molecule has 0 aliphatic heterocycles. The highest BCUT2D eigenvalue weighted by Gasteiger charge is 2.22. The number of unbranched alkanes of at least 4 members (excludes halogenated alkanes) is 3. The summed E-state index contributed by atoms with van der Waals surface area (Å²) in [6.45, 7) is 5.89. The van der Waals surface area contributed by atoms with E-state index in [0.717, 1.165) is 23.3 Å². The molecule has 0 aliphatic carbocycles. The van der Waals surface area contributed by atoms with E-state index in [0.29, 0.717) is 43.1 Å². The summed E-state index contributed by atoms with van der Waals surface area (Å²) in [5.74, 6) is 1.20. The Morgan fingerprint density at radius 3 is 2.17 bits per heavy atom. The second kappa shape index (κ2) is 16.7.